The van der Waals surface area contributed by atoms with Crippen LogP contribution in [0.4, 0.5) is 0 Å². The number of hydrogen-bond donors (Lipinski definition) is 9. The van der Waals surface area contributed by atoms with Crippen molar-refractivity contribution in [2.45, 2.75) is 56.3 Å². The van der Waals surface area contributed by atoms with Crippen molar-refractivity contribution in [1.29, 1.82) is 0 Å². The number of fused-ring (bicyclic) bond motifs is 1. The fraction of sp³-hybridized carbons (Fsp3) is 0.400. The highest BCUT2D eigenvalue weighted by atomic mass is 32.2. The third kappa shape index (κ3) is 15.0. The summed E-state index contributed by atoms with van der Waals surface area (Å²) in [5.41, 5.74) is 18.9. The molecule has 0 aliphatic carbocycles. The Balaban J connectivity index is 0.000000303. The molecule has 44 heavy (non-hydrogen) atoms. The molecule has 0 radical (unpaired) electrons. The standard InChI is InChI=1S/C11H12N2O2.C9H11NO2.C5H11NO2S.C5H9NO2/c12-9(11(14)15)5-7-6-13-10-4-2-1-3-8(7)10;10-8(9(11)12)6-7-4-2-1-3-5-7;1-9-3-2-4(6)5(7)8;7-5(8)4-2-1-3-6-4/h1-4,6,9,13H,5,12H2,(H,14,15);1-5,8H,6,10H2,(H,11,12);4H,2-3,6H2,1H3,(H,7,8);4,6H,1-3H2,(H,7,8)/t9-;8-;2*4-/m0000/s1. The van der Waals surface area contributed by atoms with Crippen LogP contribution in [0.15, 0.2) is 60.8 Å². The monoisotopic (exact) mass is 633 g/mol. The van der Waals surface area contributed by atoms with Gasteiger partial charge in [0.25, 0.3) is 0 Å². The minimum Gasteiger partial charge on any atom is -0.480 e. The maximum absolute atomic E-state index is 10.6. The lowest BCUT2D eigenvalue weighted by atomic mass is 10.1. The molecule has 242 valence electrons. The Morgan fingerprint density at radius 2 is 1.41 bits per heavy atom. The first kappa shape index (κ1) is 38.1. The summed E-state index contributed by atoms with van der Waals surface area (Å²) in [4.78, 5) is 44.3. The van der Waals surface area contributed by atoms with Crippen LogP contribution in [0.25, 0.3) is 10.9 Å². The highest BCUT2D eigenvalue weighted by Crippen LogP contribution is 2.18. The van der Waals surface area contributed by atoms with Crippen molar-refractivity contribution < 1.29 is 39.6 Å². The molecule has 0 saturated carbocycles. The smallest absolute Gasteiger partial charge is 0.320 e. The van der Waals surface area contributed by atoms with Gasteiger partial charge < -0.3 is 47.9 Å². The van der Waals surface area contributed by atoms with Gasteiger partial charge in [0.15, 0.2) is 0 Å². The molecule has 0 spiro atoms. The average molecular weight is 634 g/mol. The molecule has 2 aromatic carbocycles. The summed E-state index contributed by atoms with van der Waals surface area (Å²) in [6, 6.07) is 14.5. The fourth-order valence-electron chi connectivity index (χ4n) is 3.84. The minimum absolute atomic E-state index is 0.269. The molecule has 2 heterocycles. The van der Waals surface area contributed by atoms with Gasteiger partial charge in [-0.05, 0) is 61.4 Å². The van der Waals surface area contributed by atoms with Gasteiger partial charge in [0.05, 0.1) is 0 Å². The molecule has 4 atom stereocenters. The van der Waals surface area contributed by atoms with Gasteiger partial charge in [-0.15, -0.1) is 0 Å². The largest absolute Gasteiger partial charge is 0.480 e. The number of nitrogens with one attached hydrogen (secondary N) is 2. The lowest BCUT2D eigenvalue weighted by Gasteiger charge is -2.04. The number of aliphatic carboxylic acids is 4. The van der Waals surface area contributed by atoms with Gasteiger partial charge in [-0.25, -0.2) is 0 Å². The molecule has 3 aromatic rings. The highest BCUT2D eigenvalue weighted by Gasteiger charge is 2.20. The van der Waals surface area contributed by atoms with Crippen molar-refractivity contribution >= 4 is 46.5 Å². The molecule has 0 unspecified atom stereocenters. The van der Waals surface area contributed by atoms with Crippen LogP contribution in [0.3, 0.4) is 0 Å². The first-order valence-electron chi connectivity index (χ1n) is 13.9. The first-order valence-corrected chi connectivity index (χ1v) is 15.3. The Bertz CT molecular complexity index is 1300. The third-order valence-corrected chi connectivity index (χ3v) is 7.00. The van der Waals surface area contributed by atoms with Crippen LogP contribution in [0.1, 0.15) is 30.4 Å². The number of carbonyl (C=O) groups is 4. The Morgan fingerprint density at radius 1 is 0.841 bits per heavy atom. The van der Waals surface area contributed by atoms with Crippen molar-refractivity contribution in [1.82, 2.24) is 10.3 Å². The molecule has 1 aromatic heterocycles. The fourth-order valence-corrected chi connectivity index (χ4v) is 4.33. The molecule has 4 rings (SSSR count). The molecule has 1 saturated heterocycles. The summed E-state index contributed by atoms with van der Waals surface area (Å²) < 4.78 is 0. The van der Waals surface area contributed by atoms with E-state index in [9.17, 15) is 19.2 Å². The van der Waals surface area contributed by atoms with E-state index in [0.717, 1.165) is 47.2 Å². The summed E-state index contributed by atoms with van der Waals surface area (Å²) in [5, 5.41) is 37.8. The number of thioether (sulfide) groups is 1. The normalized spacial score (nSPS) is 15.6. The number of para-hydroxylation sites is 1. The second-order valence-electron chi connectivity index (χ2n) is 9.86. The van der Waals surface area contributed by atoms with E-state index >= 15 is 0 Å². The van der Waals surface area contributed by atoms with Crippen LogP contribution >= 0.6 is 11.8 Å². The van der Waals surface area contributed by atoms with Gasteiger partial charge in [0.2, 0.25) is 0 Å². The quantitative estimate of drug-likeness (QED) is 0.146. The maximum Gasteiger partial charge on any atom is 0.320 e. The van der Waals surface area contributed by atoms with E-state index in [2.05, 4.69) is 10.3 Å². The van der Waals surface area contributed by atoms with Gasteiger partial charge >= 0.3 is 23.9 Å². The van der Waals surface area contributed by atoms with E-state index in [4.69, 9.17) is 37.6 Å². The second-order valence-corrected chi connectivity index (χ2v) is 10.8. The third-order valence-electron chi connectivity index (χ3n) is 6.36. The predicted octanol–water partition coefficient (Wildman–Crippen LogP) is 1.74. The molecule has 0 bridgehead atoms. The number of aromatic amines is 1. The van der Waals surface area contributed by atoms with Gasteiger partial charge in [-0.2, -0.15) is 11.8 Å². The minimum atomic E-state index is -0.972. The number of benzene rings is 2. The van der Waals surface area contributed by atoms with Crippen LogP contribution in [0.2, 0.25) is 0 Å². The summed E-state index contributed by atoms with van der Waals surface area (Å²) >= 11 is 1.60. The molecule has 14 heteroatoms. The van der Waals surface area contributed by atoms with Crippen LogP contribution in [0.5, 0.6) is 0 Å². The Labute approximate surface area is 260 Å². The van der Waals surface area contributed by atoms with Crippen LogP contribution in [-0.2, 0) is 32.0 Å². The van der Waals surface area contributed by atoms with Gasteiger partial charge in [-0.3, -0.25) is 19.2 Å². The molecule has 1 fully saturated rings. The highest BCUT2D eigenvalue weighted by molar-refractivity contribution is 7.98. The molecule has 0 amide bonds. The topological polar surface area (TPSA) is 255 Å². The van der Waals surface area contributed by atoms with Gasteiger partial charge in [0.1, 0.15) is 24.2 Å². The van der Waals surface area contributed by atoms with E-state index in [1.165, 1.54) is 0 Å². The number of H-pyrrole nitrogens is 1. The molecule has 13 nitrogen and oxygen atoms in total. The summed E-state index contributed by atoms with van der Waals surface area (Å²) in [6.45, 7) is 0.858. The van der Waals surface area contributed by atoms with Crippen LogP contribution in [0, 0.1) is 0 Å². The van der Waals surface area contributed by atoms with E-state index < -0.39 is 42.0 Å². The van der Waals surface area contributed by atoms with Crippen molar-refractivity contribution in [3.05, 3.63) is 71.9 Å². The Kier molecular flexibility index (Phi) is 18.1. The van der Waals surface area contributed by atoms with E-state index in [-0.39, 0.29) is 6.04 Å². The molecule has 1 aliphatic rings. The van der Waals surface area contributed by atoms with Crippen molar-refractivity contribution in [2.24, 2.45) is 17.2 Å². The van der Waals surface area contributed by atoms with Crippen molar-refractivity contribution in [3.63, 3.8) is 0 Å². The van der Waals surface area contributed by atoms with E-state index in [0.29, 0.717) is 19.3 Å². The van der Waals surface area contributed by atoms with Gasteiger partial charge in [0, 0.05) is 23.5 Å². The number of rotatable bonds is 11. The number of nitrogens with two attached hydrogens (primary N) is 3. The lowest BCUT2D eigenvalue weighted by Crippen LogP contribution is -2.32. The first-order chi connectivity index (χ1) is 20.9. The molecular formula is C30H43N5O8S. The molecule has 12 N–H and O–H groups in total. The average Bonchev–Trinajstić information content (AvgIpc) is 3.68. The molecule has 1 aliphatic heterocycles. The second kappa shape index (κ2) is 20.9. The van der Waals surface area contributed by atoms with Crippen molar-refractivity contribution in [2.75, 3.05) is 18.6 Å². The number of aromatic nitrogens is 1. The van der Waals surface area contributed by atoms with E-state index in [1.807, 2.05) is 67.0 Å². The number of carboxylic acid groups (broad SMARTS) is 4. The van der Waals surface area contributed by atoms with E-state index in [1.54, 1.807) is 11.8 Å². The van der Waals surface area contributed by atoms with Crippen LogP contribution < -0.4 is 22.5 Å². The summed E-state index contributed by atoms with van der Waals surface area (Å²) in [7, 11) is 0. The zero-order chi connectivity index (χ0) is 33.1. The van der Waals surface area contributed by atoms with Gasteiger partial charge in [-0.1, -0.05) is 48.5 Å². The molecular weight excluding hydrogens is 590 g/mol. The predicted molar refractivity (Wildman–Crippen MR) is 171 cm³/mol. The lowest BCUT2D eigenvalue weighted by molar-refractivity contribution is -0.139. The zero-order valence-corrected chi connectivity index (χ0v) is 25.4. The summed E-state index contributed by atoms with van der Waals surface area (Å²) in [5.74, 6) is -2.75. The Hall–Kier alpha value is -3.95. The summed E-state index contributed by atoms with van der Waals surface area (Å²) in [6.07, 6.45) is 6.81. The van der Waals surface area contributed by atoms with Crippen molar-refractivity contribution in [3.8, 4) is 0 Å². The van der Waals surface area contributed by atoms with Crippen LogP contribution in [-0.4, -0.2) is 92.0 Å². The zero-order valence-electron chi connectivity index (χ0n) is 24.6. The maximum atomic E-state index is 10.6. The Morgan fingerprint density at radius 3 is 1.91 bits per heavy atom. The number of carboxylic acids is 4. The number of hydrogen-bond acceptors (Lipinski definition) is 9. The SMILES string of the molecule is CSCC[C@H](N)C(=O)O.N[C@@H](Cc1c[nH]c2ccccc12)C(=O)O.N[C@@H](Cc1ccccc1)C(=O)O.O=C(O)[C@@H]1CCCN1.